The highest BCUT2D eigenvalue weighted by Gasteiger charge is 2.10. The van der Waals surface area contributed by atoms with E-state index >= 15 is 0 Å². The maximum absolute atomic E-state index is 11.0. The van der Waals surface area contributed by atoms with Crippen LogP contribution in [0.2, 0.25) is 0 Å². The average molecular weight is 252 g/mol. The van der Waals surface area contributed by atoms with E-state index in [9.17, 15) is 4.79 Å². The van der Waals surface area contributed by atoms with Gasteiger partial charge in [-0.3, -0.25) is 0 Å². The summed E-state index contributed by atoms with van der Waals surface area (Å²) in [4.78, 5) is 11.0. The Bertz CT molecular complexity index is 769. The fraction of sp³-hybridized carbons (Fsp3) is 0.0625. The number of hydrogen-bond donors (Lipinski definition) is 1. The highest BCUT2D eigenvalue weighted by molar-refractivity contribution is 5.95. The van der Waals surface area contributed by atoms with Crippen molar-refractivity contribution in [2.24, 2.45) is 0 Å². The molecule has 3 heteroatoms. The van der Waals surface area contributed by atoms with Crippen LogP contribution < -0.4 is 0 Å². The van der Waals surface area contributed by atoms with E-state index in [1.165, 1.54) is 0 Å². The van der Waals surface area contributed by atoms with E-state index < -0.39 is 5.97 Å². The molecule has 19 heavy (non-hydrogen) atoms. The summed E-state index contributed by atoms with van der Waals surface area (Å²) in [6.45, 7) is 1.90. The van der Waals surface area contributed by atoms with Crippen molar-refractivity contribution in [1.29, 1.82) is 0 Å². The topological polar surface area (TPSA) is 50.4 Å². The molecule has 3 aromatic rings. The van der Waals surface area contributed by atoms with Gasteiger partial charge >= 0.3 is 5.97 Å². The number of fused-ring (bicyclic) bond motifs is 1. The van der Waals surface area contributed by atoms with Crippen LogP contribution in [0, 0.1) is 6.92 Å². The zero-order valence-corrected chi connectivity index (χ0v) is 10.4. The van der Waals surface area contributed by atoms with Gasteiger partial charge in [0.2, 0.25) is 0 Å². The lowest BCUT2D eigenvalue weighted by atomic mass is 10.0. The molecule has 3 nitrogen and oxygen atoms in total. The lowest BCUT2D eigenvalue weighted by molar-refractivity contribution is 0.0697. The summed E-state index contributed by atoms with van der Waals surface area (Å²) >= 11 is 0. The predicted molar refractivity (Wildman–Crippen MR) is 73.3 cm³/mol. The van der Waals surface area contributed by atoms with E-state index in [2.05, 4.69) is 0 Å². The van der Waals surface area contributed by atoms with Gasteiger partial charge in [0.05, 0.1) is 5.56 Å². The molecule has 0 spiro atoms. The summed E-state index contributed by atoms with van der Waals surface area (Å²) in [5, 5.41) is 10.1. The van der Waals surface area contributed by atoms with Crippen LogP contribution in [0.15, 0.2) is 52.9 Å². The van der Waals surface area contributed by atoms with Gasteiger partial charge in [0, 0.05) is 10.9 Å². The standard InChI is InChI=1S/C16H12O3/c1-10-8-12-5-3-7-14(15(12)19-10)11-4-2-6-13(9-11)16(17)18/h2-9H,1H3,(H,17,18). The van der Waals surface area contributed by atoms with E-state index in [1.807, 2.05) is 37.3 Å². The maximum Gasteiger partial charge on any atom is 0.335 e. The van der Waals surface area contributed by atoms with Crippen LogP contribution in [0.25, 0.3) is 22.1 Å². The highest BCUT2D eigenvalue weighted by atomic mass is 16.4. The molecule has 0 aliphatic heterocycles. The molecule has 94 valence electrons. The Morgan fingerprint density at radius 3 is 2.68 bits per heavy atom. The molecular weight excluding hydrogens is 240 g/mol. The maximum atomic E-state index is 11.0. The number of aromatic carboxylic acids is 1. The molecule has 0 aliphatic carbocycles. The third-order valence-electron chi connectivity index (χ3n) is 3.09. The minimum atomic E-state index is -0.926. The summed E-state index contributed by atoms with van der Waals surface area (Å²) in [5.74, 6) is -0.0820. The minimum absolute atomic E-state index is 0.276. The smallest absolute Gasteiger partial charge is 0.335 e. The van der Waals surface area contributed by atoms with Crippen molar-refractivity contribution in [2.45, 2.75) is 6.92 Å². The molecule has 3 rings (SSSR count). The van der Waals surface area contributed by atoms with Crippen LogP contribution in [0.5, 0.6) is 0 Å². The van der Waals surface area contributed by atoms with Gasteiger partial charge in [-0.15, -0.1) is 0 Å². The van der Waals surface area contributed by atoms with Gasteiger partial charge in [-0.2, -0.15) is 0 Å². The quantitative estimate of drug-likeness (QED) is 0.746. The van der Waals surface area contributed by atoms with Crippen molar-refractivity contribution >= 4 is 16.9 Å². The van der Waals surface area contributed by atoms with Crippen LogP contribution >= 0.6 is 0 Å². The molecular formula is C16H12O3. The average Bonchev–Trinajstić information content (AvgIpc) is 2.78. The molecule has 0 saturated carbocycles. The number of rotatable bonds is 2. The number of hydrogen-bond acceptors (Lipinski definition) is 2. The van der Waals surface area contributed by atoms with Gasteiger partial charge in [-0.05, 0) is 30.7 Å². The van der Waals surface area contributed by atoms with Crippen LogP contribution in [-0.4, -0.2) is 11.1 Å². The zero-order chi connectivity index (χ0) is 13.4. The van der Waals surface area contributed by atoms with E-state index in [0.717, 1.165) is 27.9 Å². The number of carboxylic acid groups (broad SMARTS) is 1. The Kier molecular flexibility index (Phi) is 2.60. The fourth-order valence-corrected chi connectivity index (χ4v) is 2.24. The second-order valence-corrected chi connectivity index (χ2v) is 4.47. The summed E-state index contributed by atoms with van der Waals surface area (Å²) in [6.07, 6.45) is 0. The Morgan fingerprint density at radius 1 is 1.11 bits per heavy atom. The minimum Gasteiger partial charge on any atom is -0.478 e. The molecule has 0 radical (unpaired) electrons. The lowest BCUT2D eigenvalue weighted by Crippen LogP contribution is -1.95. The van der Waals surface area contributed by atoms with Gasteiger partial charge in [-0.25, -0.2) is 4.79 Å². The van der Waals surface area contributed by atoms with E-state index in [0.29, 0.717) is 0 Å². The van der Waals surface area contributed by atoms with Gasteiger partial charge in [0.25, 0.3) is 0 Å². The first-order valence-corrected chi connectivity index (χ1v) is 5.98. The van der Waals surface area contributed by atoms with E-state index in [4.69, 9.17) is 9.52 Å². The molecule has 0 atom stereocenters. The number of para-hydroxylation sites is 1. The van der Waals surface area contributed by atoms with Crippen molar-refractivity contribution in [3.05, 3.63) is 59.9 Å². The molecule has 0 saturated heterocycles. The van der Waals surface area contributed by atoms with Crippen LogP contribution in [0.4, 0.5) is 0 Å². The van der Waals surface area contributed by atoms with E-state index in [1.54, 1.807) is 18.2 Å². The molecule has 0 aliphatic rings. The summed E-state index contributed by atoms with van der Waals surface area (Å²) in [5.41, 5.74) is 2.83. The first kappa shape index (κ1) is 11.5. The molecule has 1 N–H and O–H groups in total. The highest BCUT2D eigenvalue weighted by Crippen LogP contribution is 2.31. The predicted octanol–water partition coefficient (Wildman–Crippen LogP) is 4.11. The second-order valence-electron chi connectivity index (χ2n) is 4.47. The molecule has 0 bridgehead atoms. The van der Waals surface area contributed by atoms with Crippen molar-refractivity contribution in [3.63, 3.8) is 0 Å². The number of benzene rings is 2. The summed E-state index contributed by atoms with van der Waals surface area (Å²) in [7, 11) is 0. The second kappa shape index (κ2) is 4.28. The number of aryl methyl sites for hydroxylation is 1. The molecule has 1 heterocycles. The monoisotopic (exact) mass is 252 g/mol. The van der Waals surface area contributed by atoms with Gasteiger partial charge in [0.1, 0.15) is 11.3 Å². The lowest BCUT2D eigenvalue weighted by Gasteiger charge is -2.04. The Morgan fingerprint density at radius 2 is 1.89 bits per heavy atom. The first-order chi connectivity index (χ1) is 9.15. The van der Waals surface area contributed by atoms with E-state index in [-0.39, 0.29) is 5.56 Å². The van der Waals surface area contributed by atoms with Crippen molar-refractivity contribution in [1.82, 2.24) is 0 Å². The number of carbonyl (C=O) groups is 1. The summed E-state index contributed by atoms with van der Waals surface area (Å²) in [6, 6.07) is 14.7. The van der Waals surface area contributed by atoms with Crippen molar-refractivity contribution < 1.29 is 14.3 Å². The van der Waals surface area contributed by atoms with Crippen LogP contribution in [0.3, 0.4) is 0 Å². The fourth-order valence-electron chi connectivity index (χ4n) is 2.24. The Balaban J connectivity index is 2.24. The van der Waals surface area contributed by atoms with Crippen molar-refractivity contribution in [3.8, 4) is 11.1 Å². The first-order valence-electron chi connectivity index (χ1n) is 5.98. The number of furan rings is 1. The third-order valence-corrected chi connectivity index (χ3v) is 3.09. The molecule has 1 aromatic heterocycles. The Hall–Kier alpha value is -2.55. The molecule has 0 unspecified atom stereocenters. The third kappa shape index (κ3) is 1.99. The zero-order valence-electron chi connectivity index (χ0n) is 10.4. The normalized spacial score (nSPS) is 10.8. The van der Waals surface area contributed by atoms with Gasteiger partial charge in [0.15, 0.2) is 0 Å². The SMILES string of the molecule is Cc1cc2cccc(-c3cccc(C(=O)O)c3)c2o1. The largest absolute Gasteiger partial charge is 0.478 e. The molecule has 0 amide bonds. The van der Waals surface area contributed by atoms with Crippen LogP contribution in [0.1, 0.15) is 16.1 Å². The molecule has 2 aromatic carbocycles. The van der Waals surface area contributed by atoms with Gasteiger partial charge in [-0.1, -0.05) is 30.3 Å². The number of carboxylic acids is 1. The summed E-state index contributed by atoms with van der Waals surface area (Å²) < 4.78 is 5.71. The van der Waals surface area contributed by atoms with Gasteiger partial charge < -0.3 is 9.52 Å². The van der Waals surface area contributed by atoms with Crippen molar-refractivity contribution in [2.75, 3.05) is 0 Å². The van der Waals surface area contributed by atoms with Crippen LogP contribution in [-0.2, 0) is 0 Å². The molecule has 0 fully saturated rings. The Labute approximate surface area is 110 Å².